The fourth-order valence-corrected chi connectivity index (χ4v) is 2.65. The van der Waals surface area contributed by atoms with Gasteiger partial charge in [-0.05, 0) is 48.2 Å². The maximum absolute atomic E-state index is 6.04. The molecule has 0 aliphatic carbocycles. The Morgan fingerprint density at radius 2 is 1.58 bits per heavy atom. The van der Waals surface area contributed by atoms with Gasteiger partial charge in [0.15, 0.2) is 0 Å². The first-order chi connectivity index (χ1) is 11.4. The molecule has 0 saturated heterocycles. The van der Waals surface area contributed by atoms with Crippen LogP contribution in [-0.2, 0) is 12.0 Å². The smallest absolute Gasteiger partial charge is 0.126 e. The summed E-state index contributed by atoms with van der Waals surface area (Å²) in [7, 11) is 1.94. The Labute approximate surface area is 146 Å². The van der Waals surface area contributed by atoms with Crippen LogP contribution in [0, 0.1) is 6.92 Å². The molecule has 0 amide bonds. The molecule has 0 aliphatic rings. The van der Waals surface area contributed by atoms with Gasteiger partial charge in [0.05, 0.1) is 0 Å². The van der Waals surface area contributed by atoms with Crippen LogP contribution < -0.4 is 14.8 Å². The quantitative estimate of drug-likeness (QED) is 0.761. The Balaban J connectivity index is 1.91. The Morgan fingerprint density at radius 1 is 0.917 bits per heavy atom. The molecule has 3 nitrogen and oxygen atoms in total. The minimum Gasteiger partial charge on any atom is -0.490 e. The number of ether oxygens (including phenoxy) is 2. The van der Waals surface area contributed by atoms with Gasteiger partial charge in [-0.15, -0.1) is 0 Å². The van der Waals surface area contributed by atoms with E-state index in [2.05, 4.69) is 63.3 Å². The van der Waals surface area contributed by atoms with Crippen molar-refractivity contribution in [2.75, 3.05) is 20.3 Å². The Bertz CT molecular complexity index is 642. The topological polar surface area (TPSA) is 30.5 Å². The van der Waals surface area contributed by atoms with Crippen LogP contribution in [0.15, 0.2) is 42.5 Å². The normalized spacial score (nSPS) is 11.4. The highest BCUT2D eigenvalue weighted by Crippen LogP contribution is 2.33. The number of hydrogen-bond donors (Lipinski definition) is 1. The second-order valence-corrected chi connectivity index (χ2v) is 7.07. The molecule has 0 bridgehead atoms. The summed E-state index contributed by atoms with van der Waals surface area (Å²) in [6.45, 7) is 10.6. The highest BCUT2D eigenvalue weighted by Gasteiger charge is 2.20. The number of nitrogens with one attached hydrogen (secondary N) is 1. The van der Waals surface area contributed by atoms with Crippen molar-refractivity contribution < 1.29 is 9.47 Å². The van der Waals surface area contributed by atoms with Gasteiger partial charge in [0, 0.05) is 6.54 Å². The zero-order valence-corrected chi connectivity index (χ0v) is 15.5. The molecule has 24 heavy (non-hydrogen) atoms. The van der Waals surface area contributed by atoms with E-state index in [1.165, 1.54) is 16.7 Å². The van der Waals surface area contributed by atoms with Crippen LogP contribution in [0.1, 0.15) is 37.5 Å². The highest BCUT2D eigenvalue weighted by atomic mass is 16.5. The van der Waals surface area contributed by atoms with E-state index in [4.69, 9.17) is 9.47 Å². The molecular formula is C21H29NO2. The lowest BCUT2D eigenvalue weighted by Gasteiger charge is -2.24. The summed E-state index contributed by atoms with van der Waals surface area (Å²) in [5.74, 6) is 1.86. The van der Waals surface area contributed by atoms with Crippen molar-refractivity contribution in [3.8, 4) is 11.5 Å². The first-order valence-corrected chi connectivity index (χ1v) is 8.51. The third kappa shape index (κ3) is 5.00. The number of para-hydroxylation sites is 1. The lowest BCUT2D eigenvalue weighted by atomic mass is 9.85. The monoisotopic (exact) mass is 327 g/mol. The molecule has 0 radical (unpaired) electrons. The first-order valence-electron chi connectivity index (χ1n) is 8.51. The summed E-state index contributed by atoms with van der Waals surface area (Å²) in [6, 6.07) is 14.5. The van der Waals surface area contributed by atoms with E-state index < -0.39 is 0 Å². The van der Waals surface area contributed by atoms with Crippen molar-refractivity contribution in [2.24, 2.45) is 0 Å². The van der Waals surface area contributed by atoms with Gasteiger partial charge < -0.3 is 14.8 Å². The van der Waals surface area contributed by atoms with Crippen molar-refractivity contribution in [3.63, 3.8) is 0 Å². The zero-order chi connectivity index (χ0) is 17.6. The van der Waals surface area contributed by atoms with Crippen molar-refractivity contribution in [3.05, 3.63) is 59.2 Å². The SMILES string of the molecule is CNCc1ccc(OCCOc2c(C)cccc2C(C)(C)C)cc1. The van der Waals surface area contributed by atoms with Crippen LogP contribution in [0.4, 0.5) is 0 Å². The largest absolute Gasteiger partial charge is 0.490 e. The average molecular weight is 327 g/mol. The molecule has 0 atom stereocenters. The maximum atomic E-state index is 6.04. The van der Waals surface area contributed by atoms with Crippen LogP contribution in [0.3, 0.4) is 0 Å². The molecule has 0 fully saturated rings. The minimum absolute atomic E-state index is 0.0609. The molecule has 2 rings (SSSR count). The number of rotatable bonds is 7. The van der Waals surface area contributed by atoms with Crippen LogP contribution in [-0.4, -0.2) is 20.3 Å². The van der Waals surface area contributed by atoms with Crippen LogP contribution in [0.25, 0.3) is 0 Å². The second kappa shape index (κ2) is 8.20. The molecule has 130 valence electrons. The van der Waals surface area contributed by atoms with E-state index in [1.54, 1.807) is 0 Å². The third-order valence-electron chi connectivity index (χ3n) is 3.92. The van der Waals surface area contributed by atoms with E-state index in [0.29, 0.717) is 13.2 Å². The third-order valence-corrected chi connectivity index (χ3v) is 3.92. The lowest BCUT2D eigenvalue weighted by molar-refractivity contribution is 0.213. The van der Waals surface area contributed by atoms with Gasteiger partial charge in [0.1, 0.15) is 24.7 Å². The molecule has 0 aromatic heterocycles. The van der Waals surface area contributed by atoms with Gasteiger partial charge in [-0.2, -0.15) is 0 Å². The molecule has 2 aromatic rings. The summed E-state index contributed by atoms with van der Waals surface area (Å²) >= 11 is 0. The van der Waals surface area contributed by atoms with Crippen molar-refractivity contribution in [1.29, 1.82) is 0 Å². The lowest BCUT2D eigenvalue weighted by Crippen LogP contribution is -2.16. The number of hydrogen-bond acceptors (Lipinski definition) is 3. The second-order valence-electron chi connectivity index (χ2n) is 7.07. The van der Waals surface area contributed by atoms with Gasteiger partial charge in [-0.1, -0.05) is 51.1 Å². The van der Waals surface area contributed by atoms with Crippen molar-refractivity contribution in [2.45, 2.75) is 39.7 Å². The molecule has 0 spiro atoms. The Morgan fingerprint density at radius 3 is 2.21 bits per heavy atom. The molecule has 0 heterocycles. The fraction of sp³-hybridized carbons (Fsp3) is 0.429. The summed E-state index contributed by atoms with van der Waals surface area (Å²) in [5.41, 5.74) is 3.71. The summed E-state index contributed by atoms with van der Waals surface area (Å²) in [5, 5.41) is 3.14. The Hall–Kier alpha value is -2.00. The molecular weight excluding hydrogens is 298 g/mol. The zero-order valence-electron chi connectivity index (χ0n) is 15.5. The van der Waals surface area contributed by atoms with E-state index in [9.17, 15) is 0 Å². The van der Waals surface area contributed by atoms with Crippen LogP contribution in [0.5, 0.6) is 11.5 Å². The first kappa shape index (κ1) is 18.3. The average Bonchev–Trinajstić information content (AvgIpc) is 2.53. The van der Waals surface area contributed by atoms with Gasteiger partial charge in [0.25, 0.3) is 0 Å². The summed E-state index contributed by atoms with van der Waals surface area (Å²) in [4.78, 5) is 0. The summed E-state index contributed by atoms with van der Waals surface area (Å²) in [6.07, 6.45) is 0. The summed E-state index contributed by atoms with van der Waals surface area (Å²) < 4.78 is 11.8. The molecule has 0 unspecified atom stereocenters. The van der Waals surface area contributed by atoms with E-state index in [0.717, 1.165) is 18.0 Å². The number of aryl methyl sites for hydroxylation is 1. The van der Waals surface area contributed by atoms with Crippen molar-refractivity contribution in [1.82, 2.24) is 5.32 Å². The molecule has 3 heteroatoms. The molecule has 0 aliphatic heterocycles. The highest BCUT2D eigenvalue weighted by molar-refractivity contribution is 5.44. The van der Waals surface area contributed by atoms with Gasteiger partial charge in [-0.25, -0.2) is 0 Å². The number of benzene rings is 2. The fourth-order valence-electron chi connectivity index (χ4n) is 2.65. The molecule has 2 aromatic carbocycles. The van der Waals surface area contributed by atoms with Crippen molar-refractivity contribution >= 4 is 0 Å². The Kier molecular flexibility index (Phi) is 6.27. The predicted octanol–water partition coefficient (Wildman–Crippen LogP) is 4.47. The van der Waals surface area contributed by atoms with E-state index in [1.807, 2.05) is 19.2 Å². The maximum Gasteiger partial charge on any atom is 0.126 e. The predicted molar refractivity (Wildman–Crippen MR) is 100 cm³/mol. The van der Waals surface area contributed by atoms with E-state index >= 15 is 0 Å². The molecule has 0 saturated carbocycles. The minimum atomic E-state index is 0.0609. The van der Waals surface area contributed by atoms with Gasteiger partial charge >= 0.3 is 0 Å². The molecule has 1 N–H and O–H groups in total. The van der Waals surface area contributed by atoms with Crippen LogP contribution >= 0.6 is 0 Å². The van der Waals surface area contributed by atoms with E-state index in [-0.39, 0.29) is 5.41 Å². The standard InChI is InChI=1S/C21H29NO2/c1-16-7-6-8-19(21(2,3)4)20(16)24-14-13-23-18-11-9-17(10-12-18)15-22-5/h6-12,22H,13-15H2,1-5H3. The van der Waals surface area contributed by atoms with Gasteiger partial charge in [-0.3, -0.25) is 0 Å². The van der Waals surface area contributed by atoms with Gasteiger partial charge in [0.2, 0.25) is 0 Å². The van der Waals surface area contributed by atoms with Crippen LogP contribution in [0.2, 0.25) is 0 Å².